The molecule has 2 amide bonds. The highest BCUT2D eigenvalue weighted by molar-refractivity contribution is 5.89. The van der Waals surface area contributed by atoms with E-state index in [1.807, 2.05) is 24.3 Å². The molecule has 3 N–H and O–H groups in total. The van der Waals surface area contributed by atoms with E-state index in [9.17, 15) is 4.79 Å². The number of carbonyl (C=O) groups excluding carboxylic acids is 1. The molecule has 17 heavy (non-hydrogen) atoms. The first-order chi connectivity index (χ1) is 7.93. The van der Waals surface area contributed by atoms with Crippen molar-refractivity contribution in [1.82, 2.24) is 5.32 Å². The number of amides is 2. The topological polar surface area (TPSA) is 61.4 Å². The minimum Gasteiger partial charge on any atom is -0.395 e. The monoisotopic (exact) mass is 236 g/mol. The predicted octanol–water partition coefficient (Wildman–Crippen LogP) is 2.10. The average molecular weight is 236 g/mol. The fourth-order valence-corrected chi connectivity index (χ4v) is 1.40. The van der Waals surface area contributed by atoms with Gasteiger partial charge in [0.15, 0.2) is 0 Å². The van der Waals surface area contributed by atoms with Crippen LogP contribution in [0.15, 0.2) is 24.3 Å². The Morgan fingerprint density at radius 1 is 1.24 bits per heavy atom. The van der Waals surface area contributed by atoms with E-state index in [4.69, 9.17) is 5.11 Å². The summed E-state index contributed by atoms with van der Waals surface area (Å²) in [5.74, 6) is 0. The largest absolute Gasteiger partial charge is 0.395 e. The number of anilines is 1. The van der Waals surface area contributed by atoms with Crippen LogP contribution in [-0.4, -0.2) is 24.3 Å². The maximum absolute atomic E-state index is 11.3. The molecule has 0 aliphatic carbocycles. The summed E-state index contributed by atoms with van der Waals surface area (Å²) in [6, 6.07) is 7.45. The molecule has 0 bridgehead atoms. The standard InChI is InChI=1S/C13H20N2O2/c1-13(2,3)10-4-6-11(7-5-10)15-12(17)14-8-9-16/h4-7,16H,8-9H2,1-3H3,(H2,14,15,17). The lowest BCUT2D eigenvalue weighted by Gasteiger charge is -2.19. The quantitative estimate of drug-likeness (QED) is 0.752. The van der Waals surface area contributed by atoms with E-state index in [0.717, 1.165) is 5.69 Å². The molecule has 0 aromatic heterocycles. The molecule has 4 nitrogen and oxygen atoms in total. The van der Waals surface area contributed by atoms with Crippen LogP contribution in [0.1, 0.15) is 26.3 Å². The van der Waals surface area contributed by atoms with Crippen LogP contribution in [0.2, 0.25) is 0 Å². The molecule has 0 saturated heterocycles. The summed E-state index contributed by atoms with van der Waals surface area (Å²) in [7, 11) is 0. The zero-order valence-corrected chi connectivity index (χ0v) is 10.6. The van der Waals surface area contributed by atoms with E-state index < -0.39 is 0 Å². The van der Waals surface area contributed by atoms with Crippen LogP contribution in [0.25, 0.3) is 0 Å². The van der Waals surface area contributed by atoms with Crippen molar-refractivity contribution in [2.24, 2.45) is 0 Å². The number of nitrogens with one attached hydrogen (secondary N) is 2. The highest BCUT2D eigenvalue weighted by Crippen LogP contribution is 2.23. The van der Waals surface area contributed by atoms with Crippen molar-refractivity contribution in [3.63, 3.8) is 0 Å². The van der Waals surface area contributed by atoms with Crippen molar-refractivity contribution in [3.05, 3.63) is 29.8 Å². The Morgan fingerprint density at radius 3 is 2.29 bits per heavy atom. The highest BCUT2D eigenvalue weighted by atomic mass is 16.3. The Hall–Kier alpha value is -1.55. The molecule has 0 spiro atoms. The van der Waals surface area contributed by atoms with Crippen molar-refractivity contribution in [1.29, 1.82) is 0 Å². The van der Waals surface area contributed by atoms with E-state index in [2.05, 4.69) is 31.4 Å². The summed E-state index contributed by atoms with van der Waals surface area (Å²) in [4.78, 5) is 11.3. The summed E-state index contributed by atoms with van der Waals surface area (Å²) in [5, 5.41) is 13.8. The maximum atomic E-state index is 11.3. The normalized spacial score (nSPS) is 11.1. The second-order valence-corrected chi connectivity index (χ2v) is 4.93. The average Bonchev–Trinajstić information content (AvgIpc) is 2.26. The van der Waals surface area contributed by atoms with Crippen molar-refractivity contribution in [2.45, 2.75) is 26.2 Å². The SMILES string of the molecule is CC(C)(C)c1ccc(NC(=O)NCCO)cc1. The lowest BCUT2D eigenvalue weighted by molar-refractivity contribution is 0.245. The molecule has 0 fully saturated rings. The molecule has 0 saturated carbocycles. The van der Waals surface area contributed by atoms with Crippen LogP contribution in [0.4, 0.5) is 10.5 Å². The molecule has 1 aromatic rings. The molecule has 0 radical (unpaired) electrons. The van der Waals surface area contributed by atoms with Gasteiger partial charge in [0.25, 0.3) is 0 Å². The molecular formula is C13H20N2O2. The van der Waals surface area contributed by atoms with Gasteiger partial charge in [-0.3, -0.25) is 0 Å². The van der Waals surface area contributed by atoms with E-state index >= 15 is 0 Å². The molecular weight excluding hydrogens is 216 g/mol. The van der Waals surface area contributed by atoms with Crippen molar-refractivity contribution < 1.29 is 9.90 Å². The van der Waals surface area contributed by atoms with E-state index in [0.29, 0.717) is 0 Å². The third kappa shape index (κ3) is 4.44. The Bertz CT molecular complexity index is 366. The minimum atomic E-state index is -0.303. The molecule has 0 heterocycles. The van der Waals surface area contributed by atoms with E-state index in [-0.39, 0.29) is 24.6 Å². The van der Waals surface area contributed by atoms with Gasteiger partial charge in [0.2, 0.25) is 0 Å². The first kappa shape index (κ1) is 13.5. The Kier molecular flexibility index (Phi) is 4.52. The third-order valence-electron chi connectivity index (χ3n) is 2.41. The van der Waals surface area contributed by atoms with E-state index in [1.165, 1.54) is 5.56 Å². The molecule has 94 valence electrons. The van der Waals surface area contributed by atoms with Crippen LogP contribution in [-0.2, 0) is 5.41 Å². The van der Waals surface area contributed by atoms with Gasteiger partial charge in [-0.05, 0) is 23.1 Å². The van der Waals surface area contributed by atoms with Gasteiger partial charge in [0, 0.05) is 12.2 Å². The maximum Gasteiger partial charge on any atom is 0.319 e. The number of benzene rings is 1. The van der Waals surface area contributed by atoms with Crippen molar-refractivity contribution in [3.8, 4) is 0 Å². The Balaban J connectivity index is 2.60. The second-order valence-electron chi connectivity index (χ2n) is 4.93. The predicted molar refractivity (Wildman–Crippen MR) is 69.2 cm³/mol. The number of hydrogen-bond donors (Lipinski definition) is 3. The summed E-state index contributed by atoms with van der Waals surface area (Å²) in [6.07, 6.45) is 0. The number of hydrogen-bond acceptors (Lipinski definition) is 2. The number of urea groups is 1. The van der Waals surface area contributed by atoms with Gasteiger partial charge in [-0.2, -0.15) is 0 Å². The van der Waals surface area contributed by atoms with Gasteiger partial charge < -0.3 is 15.7 Å². The highest BCUT2D eigenvalue weighted by Gasteiger charge is 2.12. The van der Waals surface area contributed by atoms with Crippen LogP contribution in [0, 0.1) is 0 Å². The number of aliphatic hydroxyl groups excluding tert-OH is 1. The zero-order chi connectivity index (χ0) is 12.9. The van der Waals surface area contributed by atoms with Gasteiger partial charge >= 0.3 is 6.03 Å². The van der Waals surface area contributed by atoms with Gasteiger partial charge in [0.1, 0.15) is 0 Å². The summed E-state index contributed by atoms with van der Waals surface area (Å²) in [5.41, 5.74) is 2.07. The fourth-order valence-electron chi connectivity index (χ4n) is 1.40. The first-order valence-corrected chi connectivity index (χ1v) is 5.70. The molecule has 1 rings (SSSR count). The van der Waals surface area contributed by atoms with Crippen LogP contribution < -0.4 is 10.6 Å². The zero-order valence-electron chi connectivity index (χ0n) is 10.6. The Labute approximate surface area is 102 Å². The van der Waals surface area contributed by atoms with Crippen LogP contribution in [0.3, 0.4) is 0 Å². The molecule has 1 aromatic carbocycles. The first-order valence-electron chi connectivity index (χ1n) is 5.70. The van der Waals surface area contributed by atoms with Crippen LogP contribution >= 0.6 is 0 Å². The van der Waals surface area contributed by atoms with Gasteiger partial charge in [0.05, 0.1) is 6.61 Å². The number of carbonyl (C=O) groups is 1. The smallest absolute Gasteiger partial charge is 0.319 e. The van der Waals surface area contributed by atoms with Gasteiger partial charge in [-0.1, -0.05) is 32.9 Å². The fraction of sp³-hybridized carbons (Fsp3) is 0.462. The lowest BCUT2D eigenvalue weighted by atomic mass is 9.87. The lowest BCUT2D eigenvalue weighted by Crippen LogP contribution is -2.30. The van der Waals surface area contributed by atoms with E-state index in [1.54, 1.807) is 0 Å². The van der Waals surface area contributed by atoms with Gasteiger partial charge in [-0.25, -0.2) is 4.79 Å². The van der Waals surface area contributed by atoms with Crippen molar-refractivity contribution in [2.75, 3.05) is 18.5 Å². The van der Waals surface area contributed by atoms with Gasteiger partial charge in [-0.15, -0.1) is 0 Å². The molecule has 0 aliphatic heterocycles. The molecule has 0 unspecified atom stereocenters. The number of rotatable bonds is 3. The summed E-state index contributed by atoms with van der Waals surface area (Å²) < 4.78 is 0. The summed E-state index contributed by atoms with van der Waals surface area (Å²) in [6.45, 7) is 6.62. The summed E-state index contributed by atoms with van der Waals surface area (Å²) >= 11 is 0. The molecule has 4 heteroatoms. The number of aliphatic hydroxyl groups is 1. The van der Waals surface area contributed by atoms with Crippen LogP contribution in [0.5, 0.6) is 0 Å². The van der Waals surface area contributed by atoms with Crippen molar-refractivity contribution >= 4 is 11.7 Å². The molecule has 0 aliphatic rings. The minimum absolute atomic E-state index is 0.0591. The third-order valence-corrected chi connectivity index (χ3v) is 2.41. The Morgan fingerprint density at radius 2 is 1.82 bits per heavy atom. The second kappa shape index (κ2) is 5.68. The molecule has 0 atom stereocenters.